The van der Waals surface area contributed by atoms with Gasteiger partial charge in [-0.25, -0.2) is 9.59 Å². The van der Waals surface area contributed by atoms with E-state index in [4.69, 9.17) is 9.57 Å². The number of hydroxylamine groups is 1. The molecule has 6 nitrogen and oxygen atoms in total. The average molecular weight is 351 g/mol. The lowest BCUT2D eigenvalue weighted by atomic mass is 9.89. The first-order valence-corrected chi connectivity index (χ1v) is 8.58. The molecule has 0 fully saturated rings. The van der Waals surface area contributed by atoms with E-state index in [0.717, 1.165) is 12.0 Å². The van der Waals surface area contributed by atoms with Crippen molar-refractivity contribution in [3.8, 4) is 5.75 Å². The summed E-state index contributed by atoms with van der Waals surface area (Å²) in [5, 5.41) is 9.32. The van der Waals surface area contributed by atoms with Crippen molar-refractivity contribution in [3.63, 3.8) is 0 Å². The fourth-order valence-electron chi connectivity index (χ4n) is 2.51. The minimum absolute atomic E-state index is 0.236. The highest BCUT2D eigenvalue weighted by Crippen LogP contribution is 2.21. The Labute approximate surface area is 149 Å². The summed E-state index contributed by atoms with van der Waals surface area (Å²) >= 11 is 0. The van der Waals surface area contributed by atoms with E-state index >= 15 is 0 Å². The van der Waals surface area contributed by atoms with Gasteiger partial charge >= 0.3 is 12.1 Å². The quantitative estimate of drug-likeness (QED) is 0.758. The van der Waals surface area contributed by atoms with Gasteiger partial charge in [0.15, 0.2) is 0 Å². The number of phenols is 1. The Kier molecular flexibility index (Phi) is 7.74. The van der Waals surface area contributed by atoms with Crippen LogP contribution in [0, 0.1) is 11.8 Å². The van der Waals surface area contributed by atoms with E-state index < -0.39 is 17.7 Å². The number of hydrogen-bond acceptors (Lipinski definition) is 5. The third-order valence-corrected chi connectivity index (χ3v) is 3.67. The maximum atomic E-state index is 12.2. The summed E-state index contributed by atoms with van der Waals surface area (Å²) in [6.07, 6.45) is 1.28. The van der Waals surface area contributed by atoms with Crippen molar-refractivity contribution in [2.24, 2.45) is 11.8 Å². The van der Waals surface area contributed by atoms with Crippen LogP contribution in [0.15, 0.2) is 24.3 Å². The Morgan fingerprint density at radius 2 is 1.80 bits per heavy atom. The molecule has 0 aliphatic carbocycles. The Morgan fingerprint density at radius 1 is 1.20 bits per heavy atom. The number of carbonyl (C=O) groups is 2. The predicted molar refractivity (Wildman–Crippen MR) is 94.8 cm³/mol. The van der Waals surface area contributed by atoms with Crippen molar-refractivity contribution in [3.05, 3.63) is 29.8 Å². The third-order valence-electron chi connectivity index (χ3n) is 3.67. The van der Waals surface area contributed by atoms with Gasteiger partial charge < -0.3 is 14.7 Å². The van der Waals surface area contributed by atoms with Crippen LogP contribution in [0.5, 0.6) is 5.75 Å². The lowest BCUT2D eigenvalue weighted by Crippen LogP contribution is -2.35. The van der Waals surface area contributed by atoms with Gasteiger partial charge in [-0.3, -0.25) is 0 Å². The number of benzene rings is 1. The van der Waals surface area contributed by atoms with Gasteiger partial charge in [0.1, 0.15) is 11.4 Å². The maximum Gasteiger partial charge on any atom is 0.441 e. The monoisotopic (exact) mass is 351 g/mol. The lowest BCUT2D eigenvalue weighted by molar-refractivity contribution is -0.156. The molecule has 0 bridgehead atoms. The van der Waals surface area contributed by atoms with Gasteiger partial charge in [-0.15, -0.1) is 5.48 Å². The molecule has 2 N–H and O–H groups in total. The fourth-order valence-corrected chi connectivity index (χ4v) is 2.51. The molecule has 1 aromatic carbocycles. The zero-order chi connectivity index (χ0) is 19.0. The highest BCUT2D eigenvalue weighted by Gasteiger charge is 2.23. The number of nitrogens with one attached hydrogen (secondary N) is 1. The van der Waals surface area contributed by atoms with Crippen LogP contribution < -0.4 is 5.48 Å². The molecule has 0 saturated heterocycles. The number of amides is 1. The molecule has 1 amide bonds. The number of aromatic hydroxyl groups is 1. The summed E-state index contributed by atoms with van der Waals surface area (Å²) in [6.45, 7) is 9.16. The van der Waals surface area contributed by atoms with Gasteiger partial charge in [0.2, 0.25) is 0 Å². The Morgan fingerprint density at radius 3 is 2.32 bits per heavy atom. The first kappa shape index (κ1) is 20.8. The molecule has 2 atom stereocenters. The number of phenolic OH excluding ortho intramolecular Hbond substituents is 1. The van der Waals surface area contributed by atoms with Crippen molar-refractivity contribution < 1.29 is 24.3 Å². The number of ether oxygens (including phenoxy) is 1. The molecule has 140 valence electrons. The molecule has 0 aromatic heterocycles. The second-order valence-electron chi connectivity index (χ2n) is 7.34. The molecular formula is C19H29NO5. The van der Waals surface area contributed by atoms with E-state index in [1.807, 2.05) is 24.5 Å². The first-order chi connectivity index (χ1) is 11.6. The molecule has 25 heavy (non-hydrogen) atoms. The van der Waals surface area contributed by atoms with Gasteiger partial charge in [0.25, 0.3) is 0 Å². The Balaban J connectivity index is 2.47. The molecule has 0 aliphatic rings. The van der Waals surface area contributed by atoms with Gasteiger partial charge in [0.05, 0.1) is 5.92 Å². The summed E-state index contributed by atoms with van der Waals surface area (Å²) in [5.74, 6) is -0.281. The molecule has 0 radical (unpaired) electrons. The van der Waals surface area contributed by atoms with Gasteiger partial charge in [0, 0.05) is 0 Å². The molecule has 0 aliphatic heterocycles. The van der Waals surface area contributed by atoms with Crippen molar-refractivity contribution in [1.82, 2.24) is 5.48 Å². The van der Waals surface area contributed by atoms with Crippen molar-refractivity contribution in [2.45, 2.75) is 59.5 Å². The van der Waals surface area contributed by atoms with E-state index in [0.29, 0.717) is 12.8 Å². The first-order valence-electron chi connectivity index (χ1n) is 8.58. The molecule has 1 aromatic rings. The molecular weight excluding hydrogens is 322 g/mol. The van der Waals surface area contributed by atoms with Crippen LogP contribution in [-0.2, 0) is 20.8 Å². The molecule has 6 heteroatoms. The van der Waals surface area contributed by atoms with Crippen molar-refractivity contribution >= 4 is 12.1 Å². The van der Waals surface area contributed by atoms with E-state index in [9.17, 15) is 14.7 Å². The number of hydrogen-bond donors (Lipinski definition) is 2. The van der Waals surface area contributed by atoms with Crippen LogP contribution in [0.1, 0.15) is 53.0 Å². The van der Waals surface area contributed by atoms with Crippen LogP contribution in [0.2, 0.25) is 0 Å². The second-order valence-corrected chi connectivity index (χ2v) is 7.34. The summed E-state index contributed by atoms with van der Waals surface area (Å²) in [7, 11) is 0. The molecule has 1 rings (SSSR count). The smallest absolute Gasteiger partial charge is 0.441 e. The van der Waals surface area contributed by atoms with E-state index in [-0.39, 0.29) is 17.6 Å². The van der Waals surface area contributed by atoms with Crippen molar-refractivity contribution in [2.75, 3.05) is 0 Å². The van der Waals surface area contributed by atoms with E-state index in [1.165, 1.54) is 0 Å². The standard InChI is InChI=1S/C19H29NO5/c1-6-15(17(22)25-20-18(23)24-19(3,4)5)12-13(2)11-14-7-9-16(21)10-8-14/h7-10,13,15,21H,6,11-12H2,1-5H3,(H,20,23). The minimum Gasteiger partial charge on any atom is -0.508 e. The largest absolute Gasteiger partial charge is 0.508 e. The Hall–Kier alpha value is -2.24. The molecule has 0 spiro atoms. The number of carbonyl (C=O) groups excluding carboxylic acids is 2. The molecule has 0 heterocycles. The van der Waals surface area contributed by atoms with Crippen LogP contribution >= 0.6 is 0 Å². The van der Waals surface area contributed by atoms with E-state index in [2.05, 4.69) is 6.92 Å². The summed E-state index contributed by atoms with van der Waals surface area (Å²) in [5.41, 5.74) is 2.49. The normalized spacial score (nSPS) is 13.6. The van der Waals surface area contributed by atoms with Crippen LogP contribution in [-0.4, -0.2) is 22.8 Å². The van der Waals surface area contributed by atoms with Crippen molar-refractivity contribution in [1.29, 1.82) is 0 Å². The lowest BCUT2D eigenvalue weighted by Gasteiger charge is -2.21. The predicted octanol–water partition coefficient (Wildman–Crippen LogP) is 3.97. The molecule has 0 saturated carbocycles. The fraction of sp³-hybridized carbons (Fsp3) is 0.579. The van der Waals surface area contributed by atoms with Crippen LogP contribution in [0.3, 0.4) is 0 Å². The summed E-state index contributed by atoms with van der Waals surface area (Å²) < 4.78 is 5.02. The zero-order valence-electron chi connectivity index (χ0n) is 15.7. The molecule has 2 unspecified atom stereocenters. The van der Waals surface area contributed by atoms with Crippen LogP contribution in [0.4, 0.5) is 4.79 Å². The van der Waals surface area contributed by atoms with Gasteiger partial charge in [-0.2, -0.15) is 0 Å². The SMILES string of the molecule is CCC(CC(C)Cc1ccc(O)cc1)C(=O)ONC(=O)OC(C)(C)C. The Bertz CT molecular complexity index is 562. The topological polar surface area (TPSA) is 84.9 Å². The zero-order valence-corrected chi connectivity index (χ0v) is 15.7. The highest BCUT2D eigenvalue weighted by atomic mass is 16.7. The third kappa shape index (κ3) is 8.42. The highest BCUT2D eigenvalue weighted by molar-refractivity contribution is 5.75. The number of rotatable bonds is 6. The van der Waals surface area contributed by atoms with Crippen LogP contribution in [0.25, 0.3) is 0 Å². The summed E-state index contributed by atoms with van der Waals surface area (Å²) in [6, 6.07) is 7.04. The maximum absolute atomic E-state index is 12.2. The average Bonchev–Trinajstić information content (AvgIpc) is 2.51. The van der Waals surface area contributed by atoms with Gasteiger partial charge in [-0.05, 0) is 63.6 Å². The minimum atomic E-state index is -0.784. The van der Waals surface area contributed by atoms with E-state index in [1.54, 1.807) is 32.9 Å². The van der Waals surface area contributed by atoms with Gasteiger partial charge in [-0.1, -0.05) is 26.0 Å². The summed E-state index contributed by atoms with van der Waals surface area (Å²) in [4.78, 5) is 28.6. The second kappa shape index (κ2) is 9.30.